The van der Waals surface area contributed by atoms with Crippen molar-refractivity contribution in [3.05, 3.63) is 46.5 Å². The van der Waals surface area contributed by atoms with Crippen LogP contribution >= 0.6 is 0 Å². The molecule has 2 rings (SSSR count). The second kappa shape index (κ2) is 4.66. The molecule has 2 N–H and O–H groups in total. The molecule has 7 nitrogen and oxygen atoms in total. The van der Waals surface area contributed by atoms with E-state index < -0.39 is 5.91 Å². The van der Waals surface area contributed by atoms with E-state index in [0.717, 1.165) is 4.68 Å². The van der Waals surface area contributed by atoms with Crippen molar-refractivity contribution in [1.29, 1.82) is 0 Å². The van der Waals surface area contributed by atoms with Crippen molar-refractivity contribution >= 4 is 11.7 Å². The lowest BCUT2D eigenvalue weighted by molar-refractivity contribution is 0.101. The SMILES string of the molecule is Cn1nc(C(=O)Nc2ncccc2O)ccc1=O. The van der Waals surface area contributed by atoms with Gasteiger partial charge in [0.1, 0.15) is 5.69 Å². The van der Waals surface area contributed by atoms with Gasteiger partial charge in [-0.15, -0.1) is 0 Å². The molecule has 0 fully saturated rings. The Bertz CT molecular complexity index is 651. The maximum Gasteiger partial charge on any atom is 0.277 e. The Morgan fingerprint density at radius 1 is 1.39 bits per heavy atom. The van der Waals surface area contributed by atoms with Crippen LogP contribution in [0.4, 0.5) is 5.82 Å². The lowest BCUT2D eigenvalue weighted by Gasteiger charge is -2.05. The zero-order valence-electron chi connectivity index (χ0n) is 9.49. The van der Waals surface area contributed by atoms with Crippen LogP contribution < -0.4 is 10.9 Å². The number of aromatic nitrogens is 3. The molecule has 0 radical (unpaired) electrons. The summed E-state index contributed by atoms with van der Waals surface area (Å²) in [5.41, 5.74) is -0.255. The van der Waals surface area contributed by atoms with Crippen molar-refractivity contribution in [2.75, 3.05) is 5.32 Å². The lowest BCUT2D eigenvalue weighted by atomic mass is 10.3. The molecule has 0 spiro atoms. The zero-order chi connectivity index (χ0) is 13.1. The van der Waals surface area contributed by atoms with Gasteiger partial charge in [-0.2, -0.15) is 5.10 Å². The number of carbonyl (C=O) groups excluding carboxylic acids is 1. The number of hydrogen-bond donors (Lipinski definition) is 2. The number of nitrogens with zero attached hydrogens (tertiary/aromatic N) is 3. The topological polar surface area (TPSA) is 97.1 Å². The van der Waals surface area contributed by atoms with Crippen LogP contribution in [0.1, 0.15) is 10.5 Å². The molecule has 7 heteroatoms. The van der Waals surface area contributed by atoms with E-state index in [-0.39, 0.29) is 22.8 Å². The van der Waals surface area contributed by atoms with Crippen LogP contribution in [0.25, 0.3) is 0 Å². The van der Waals surface area contributed by atoms with E-state index in [1.807, 2.05) is 0 Å². The van der Waals surface area contributed by atoms with Gasteiger partial charge in [0, 0.05) is 19.3 Å². The predicted octanol–water partition coefficient (Wildman–Crippen LogP) is 0.133. The molecule has 0 bridgehead atoms. The van der Waals surface area contributed by atoms with E-state index >= 15 is 0 Å². The number of amides is 1. The van der Waals surface area contributed by atoms with Crippen LogP contribution in [0, 0.1) is 0 Å². The van der Waals surface area contributed by atoms with Crippen molar-refractivity contribution < 1.29 is 9.90 Å². The van der Waals surface area contributed by atoms with E-state index in [0.29, 0.717) is 0 Å². The molecular weight excluding hydrogens is 236 g/mol. The average molecular weight is 246 g/mol. The van der Waals surface area contributed by atoms with Crippen molar-refractivity contribution in [2.24, 2.45) is 7.05 Å². The second-order valence-corrected chi connectivity index (χ2v) is 3.51. The highest BCUT2D eigenvalue weighted by molar-refractivity contribution is 6.02. The summed E-state index contributed by atoms with van der Waals surface area (Å²) in [6.45, 7) is 0. The third kappa shape index (κ3) is 2.34. The molecule has 18 heavy (non-hydrogen) atoms. The Labute approximate surface area is 102 Å². The monoisotopic (exact) mass is 246 g/mol. The summed E-state index contributed by atoms with van der Waals surface area (Å²) in [4.78, 5) is 26.7. The van der Waals surface area contributed by atoms with Gasteiger partial charge in [0.25, 0.3) is 11.5 Å². The molecule has 0 saturated carbocycles. The molecule has 0 saturated heterocycles. The van der Waals surface area contributed by atoms with Crippen LogP contribution in [0.15, 0.2) is 35.3 Å². The summed E-state index contributed by atoms with van der Waals surface area (Å²) < 4.78 is 1.05. The van der Waals surface area contributed by atoms with E-state index in [4.69, 9.17) is 0 Å². The Balaban J connectivity index is 2.25. The summed E-state index contributed by atoms with van der Waals surface area (Å²) in [7, 11) is 1.44. The Hall–Kier alpha value is -2.70. The summed E-state index contributed by atoms with van der Waals surface area (Å²) in [5, 5.41) is 15.6. The highest BCUT2D eigenvalue weighted by Crippen LogP contribution is 2.18. The molecule has 2 aromatic heterocycles. The van der Waals surface area contributed by atoms with Crippen molar-refractivity contribution in [3.63, 3.8) is 0 Å². The number of hydrogen-bond acceptors (Lipinski definition) is 5. The van der Waals surface area contributed by atoms with Crippen LogP contribution in [0.5, 0.6) is 5.75 Å². The molecule has 0 aliphatic carbocycles. The fraction of sp³-hybridized carbons (Fsp3) is 0.0909. The molecular formula is C11H10N4O3. The summed E-state index contributed by atoms with van der Waals surface area (Å²) >= 11 is 0. The number of anilines is 1. The first-order chi connectivity index (χ1) is 8.58. The minimum atomic E-state index is -0.556. The van der Waals surface area contributed by atoms with Crippen LogP contribution in [0.2, 0.25) is 0 Å². The van der Waals surface area contributed by atoms with Crippen molar-refractivity contribution in [3.8, 4) is 5.75 Å². The van der Waals surface area contributed by atoms with Crippen molar-refractivity contribution in [1.82, 2.24) is 14.8 Å². The van der Waals surface area contributed by atoms with E-state index in [2.05, 4.69) is 15.4 Å². The van der Waals surface area contributed by atoms with Gasteiger partial charge in [0.05, 0.1) is 0 Å². The summed E-state index contributed by atoms with van der Waals surface area (Å²) in [6.07, 6.45) is 1.43. The number of carbonyl (C=O) groups is 1. The van der Waals surface area contributed by atoms with E-state index in [1.165, 1.54) is 37.5 Å². The number of rotatable bonds is 2. The average Bonchev–Trinajstić information content (AvgIpc) is 2.35. The Morgan fingerprint density at radius 2 is 2.17 bits per heavy atom. The highest BCUT2D eigenvalue weighted by Gasteiger charge is 2.11. The first-order valence-electron chi connectivity index (χ1n) is 5.07. The number of aryl methyl sites for hydroxylation is 1. The summed E-state index contributed by atoms with van der Waals surface area (Å²) in [5.74, 6) is -0.659. The Kier molecular flexibility index (Phi) is 3.05. The van der Waals surface area contributed by atoms with E-state index in [9.17, 15) is 14.7 Å². The highest BCUT2D eigenvalue weighted by atomic mass is 16.3. The quantitative estimate of drug-likeness (QED) is 0.785. The fourth-order valence-electron chi connectivity index (χ4n) is 1.29. The van der Waals surface area contributed by atoms with Gasteiger partial charge < -0.3 is 10.4 Å². The molecule has 2 aromatic rings. The molecule has 92 valence electrons. The number of nitrogens with one attached hydrogen (secondary N) is 1. The first kappa shape index (κ1) is 11.8. The molecule has 0 unspecified atom stereocenters. The van der Waals surface area contributed by atoms with Crippen LogP contribution in [-0.2, 0) is 7.05 Å². The standard InChI is InChI=1S/C11H10N4O3/c1-15-9(17)5-4-7(14-15)11(18)13-10-8(16)3-2-6-12-10/h2-6,16H,1H3,(H,12,13,18). The van der Waals surface area contributed by atoms with Gasteiger partial charge in [-0.1, -0.05) is 0 Å². The van der Waals surface area contributed by atoms with Gasteiger partial charge in [-0.25, -0.2) is 9.67 Å². The van der Waals surface area contributed by atoms with E-state index in [1.54, 1.807) is 0 Å². The van der Waals surface area contributed by atoms with Crippen LogP contribution in [0.3, 0.4) is 0 Å². The Morgan fingerprint density at radius 3 is 2.83 bits per heavy atom. The fourth-order valence-corrected chi connectivity index (χ4v) is 1.29. The van der Waals surface area contributed by atoms with Gasteiger partial charge >= 0.3 is 0 Å². The third-order valence-electron chi connectivity index (χ3n) is 2.21. The largest absolute Gasteiger partial charge is 0.504 e. The maximum atomic E-state index is 11.8. The molecule has 0 aromatic carbocycles. The van der Waals surface area contributed by atoms with Gasteiger partial charge in [0.2, 0.25) is 0 Å². The van der Waals surface area contributed by atoms with Crippen LogP contribution in [-0.4, -0.2) is 25.8 Å². The molecule has 0 aliphatic heterocycles. The van der Waals surface area contributed by atoms with Crippen molar-refractivity contribution in [2.45, 2.75) is 0 Å². The predicted molar refractivity (Wildman–Crippen MR) is 63.3 cm³/mol. The normalized spacial score (nSPS) is 10.1. The minimum absolute atomic E-state index is 0.0400. The van der Waals surface area contributed by atoms with Gasteiger partial charge in [-0.3, -0.25) is 9.59 Å². The smallest absolute Gasteiger partial charge is 0.277 e. The number of pyridine rings is 1. The second-order valence-electron chi connectivity index (χ2n) is 3.51. The zero-order valence-corrected chi connectivity index (χ0v) is 9.49. The van der Waals surface area contributed by atoms with Gasteiger partial charge in [0.15, 0.2) is 11.6 Å². The summed E-state index contributed by atoms with van der Waals surface area (Å²) in [6, 6.07) is 5.48. The molecule has 1 amide bonds. The maximum absolute atomic E-state index is 11.8. The molecule has 0 atom stereocenters. The van der Waals surface area contributed by atoms with Gasteiger partial charge in [-0.05, 0) is 18.2 Å². The minimum Gasteiger partial charge on any atom is -0.504 e. The molecule has 2 heterocycles. The lowest BCUT2D eigenvalue weighted by Crippen LogP contribution is -2.23. The number of aromatic hydroxyl groups is 1. The third-order valence-corrected chi connectivity index (χ3v) is 2.21. The first-order valence-corrected chi connectivity index (χ1v) is 5.07. The molecule has 0 aliphatic rings.